The van der Waals surface area contributed by atoms with Gasteiger partial charge in [-0.3, -0.25) is 0 Å². The average Bonchev–Trinajstić information content (AvgIpc) is 2.22. The van der Waals surface area contributed by atoms with Gasteiger partial charge in [-0.25, -0.2) is 0 Å². The molecule has 1 atom stereocenters. The lowest BCUT2D eigenvalue weighted by Crippen LogP contribution is -2.08. The van der Waals surface area contributed by atoms with Crippen molar-refractivity contribution in [3.05, 3.63) is 23.8 Å². The van der Waals surface area contributed by atoms with Gasteiger partial charge in [0.2, 0.25) is 0 Å². The summed E-state index contributed by atoms with van der Waals surface area (Å²) in [6.07, 6.45) is 10.9. The normalized spacial score (nSPS) is 39.0. The third-order valence-corrected chi connectivity index (χ3v) is 2.62. The molecule has 0 fully saturated rings. The first kappa shape index (κ1) is 5.28. The van der Waals surface area contributed by atoms with Crippen molar-refractivity contribution in [2.24, 2.45) is 5.41 Å². The molecule has 0 aliphatic heterocycles. The fourth-order valence-electron chi connectivity index (χ4n) is 1.87. The SMILES string of the molecule is CC12CC=CC1=CCC2. The highest BCUT2D eigenvalue weighted by Crippen LogP contribution is 2.46. The van der Waals surface area contributed by atoms with Gasteiger partial charge in [-0.2, -0.15) is 0 Å². The van der Waals surface area contributed by atoms with Crippen molar-refractivity contribution in [3.8, 4) is 0 Å². The molecule has 48 valence electrons. The van der Waals surface area contributed by atoms with E-state index in [0.29, 0.717) is 5.41 Å². The van der Waals surface area contributed by atoms with Crippen LogP contribution >= 0.6 is 0 Å². The molecule has 0 heterocycles. The topological polar surface area (TPSA) is 0 Å². The van der Waals surface area contributed by atoms with E-state index in [1.807, 2.05) is 0 Å². The highest BCUT2D eigenvalue weighted by atomic mass is 14.4. The van der Waals surface area contributed by atoms with E-state index in [4.69, 9.17) is 0 Å². The number of rotatable bonds is 0. The van der Waals surface area contributed by atoms with Gasteiger partial charge in [0.05, 0.1) is 0 Å². The second kappa shape index (κ2) is 1.50. The Morgan fingerprint density at radius 3 is 3.22 bits per heavy atom. The Hall–Kier alpha value is -0.520. The predicted octanol–water partition coefficient (Wildman–Crippen LogP) is 2.67. The molecule has 0 heteroatoms. The van der Waals surface area contributed by atoms with Crippen molar-refractivity contribution in [2.45, 2.75) is 26.2 Å². The summed E-state index contributed by atoms with van der Waals surface area (Å²) in [7, 11) is 0. The van der Waals surface area contributed by atoms with Crippen LogP contribution in [0.15, 0.2) is 23.8 Å². The molecule has 9 heavy (non-hydrogen) atoms. The van der Waals surface area contributed by atoms with Crippen LogP contribution in [0.25, 0.3) is 0 Å². The molecule has 0 saturated carbocycles. The molecule has 0 nitrogen and oxygen atoms in total. The van der Waals surface area contributed by atoms with Crippen LogP contribution in [0.4, 0.5) is 0 Å². The molecule has 0 amide bonds. The van der Waals surface area contributed by atoms with E-state index in [0.717, 1.165) is 0 Å². The molecule has 0 aromatic heterocycles. The molecule has 0 spiro atoms. The summed E-state index contributed by atoms with van der Waals surface area (Å²) in [5.41, 5.74) is 2.14. The van der Waals surface area contributed by atoms with Crippen LogP contribution < -0.4 is 0 Å². The van der Waals surface area contributed by atoms with Crippen LogP contribution in [-0.2, 0) is 0 Å². The highest BCUT2D eigenvalue weighted by Gasteiger charge is 2.32. The summed E-state index contributed by atoms with van der Waals surface area (Å²) in [6.45, 7) is 2.37. The zero-order chi connectivity index (χ0) is 6.32. The van der Waals surface area contributed by atoms with E-state index in [2.05, 4.69) is 25.2 Å². The van der Waals surface area contributed by atoms with E-state index < -0.39 is 0 Å². The van der Waals surface area contributed by atoms with E-state index in [9.17, 15) is 0 Å². The number of allylic oxidation sites excluding steroid dienone is 4. The van der Waals surface area contributed by atoms with Crippen LogP contribution in [-0.4, -0.2) is 0 Å². The van der Waals surface area contributed by atoms with Crippen molar-refractivity contribution in [1.82, 2.24) is 0 Å². The summed E-state index contributed by atoms with van der Waals surface area (Å²) < 4.78 is 0. The largest absolute Gasteiger partial charge is 0.0834 e. The molecule has 0 radical (unpaired) electrons. The molecule has 0 N–H and O–H groups in total. The molecule has 2 aliphatic carbocycles. The van der Waals surface area contributed by atoms with E-state index in [1.165, 1.54) is 19.3 Å². The molecule has 0 aromatic rings. The van der Waals surface area contributed by atoms with E-state index in [-0.39, 0.29) is 0 Å². The highest BCUT2D eigenvalue weighted by molar-refractivity contribution is 5.35. The quantitative estimate of drug-likeness (QED) is 0.461. The Labute approximate surface area is 56.3 Å². The van der Waals surface area contributed by atoms with Gasteiger partial charge in [-0.05, 0) is 30.3 Å². The van der Waals surface area contributed by atoms with Crippen LogP contribution in [0.5, 0.6) is 0 Å². The van der Waals surface area contributed by atoms with Crippen molar-refractivity contribution >= 4 is 0 Å². The zero-order valence-electron chi connectivity index (χ0n) is 5.85. The maximum Gasteiger partial charge on any atom is -0.00410 e. The van der Waals surface area contributed by atoms with Gasteiger partial charge < -0.3 is 0 Å². The standard InChI is InChI=1S/C9H12/c1-9-6-2-4-8(9)5-3-7-9/h2,4-5H,3,6-7H2,1H3. The Balaban J connectivity index is 2.39. The summed E-state index contributed by atoms with van der Waals surface area (Å²) in [5.74, 6) is 0. The molecule has 0 bridgehead atoms. The maximum absolute atomic E-state index is 2.38. The first-order valence-corrected chi connectivity index (χ1v) is 3.68. The van der Waals surface area contributed by atoms with E-state index >= 15 is 0 Å². The average molecular weight is 120 g/mol. The van der Waals surface area contributed by atoms with Crippen molar-refractivity contribution < 1.29 is 0 Å². The number of hydrogen-bond acceptors (Lipinski definition) is 0. The number of fused-ring (bicyclic) bond motifs is 1. The Kier molecular flexibility index (Phi) is 0.879. The molecule has 2 aliphatic rings. The van der Waals surface area contributed by atoms with Gasteiger partial charge in [0, 0.05) is 0 Å². The minimum atomic E-state index is 0.556. The lowest BCUT2D eigenvalue weighted by Gasteiger charge is -2.19. The van der Waals surface area contributed by atoms with Crippen molar-refractivity contribution in [2.75, 3.05) is 0 Å². The molecule has 1 unspecified atom stereocenters. The summed E-state index contributed by atoms with van der Waals surface area (Å²) in [6, 6.07) is 0. The van der Waals surface area contributed by atoms with E-state index in [1.54, 1.807) is 5.57 Å². The Morgan fingerprint density at radius 2 is 2.44 bits per heavy atom. The van der Waals surface area contributed by atoms with Gasteiger partial charge in [0.25, 0.3) is 0 Å². The fraction of sp³-hybridized carbons (Fsp3) is 0.556. The third-order valence-electron chi connectivity index (χ3n) is 2.62. The first-order valence-electron chi connectivity index (χ1n) is 3.68. The molecule has 2 rings (SSSR count). The summed E-state index contributed by atoms with van der Waals surface area (Å²) in [5, 5.41) is 0. The minimum Gasteiger partial charge on any atom is -0.0834 e. The van der Waals surface area contributed by atoms with Crippen molar-refractivity contribution in [1.29, 1.82) is 0 Å². The molecular formula is C9H12. The van der Waals surface area contributed by atoms with Crippen LogP contribution in [0.1, 0.15) is 26.2 Å². The molecule has 0 saturated heterocycles. The molecular weight excluding hydrogens is 108 g/mol. The predicted molar refractivity (Wildman–Crippen MR) is 39.2 cm³/mol. The van der Waals surface area contributed by atoms with Gasteiger partial charge in [0.1, 0.15) is 0 Å². The minimum absolute atomic E-state index is 0.556. The van der Waals surface area contributed by atoms with Crippen molar-refractivity contribution in [3.63, 3.8) is 0 Å². The first-order chi connectivity index (χ1) is 4.31. The van der Waals surface area contributed by atoms with Crippen LogP contribution in [0.3, 0.4) is 0 Å². The fourth-order valence-corrected chi connectivity index (χ4v) is 1.87. The maximum atomic E-state index is 2.38. The number of hydrogen-bond donors (Lipinski definition) is 0. The lowest BCUT2D eigenvalue weighted by atomic mass is 9.85. The van der Waals surface area contributed by atoms with Gasteiger partial charge >= 0.3 is 0 Å². The summed E-state index contributed by atoms with van der Waals surface area (Å²) >= 11 is 0. The monoisotopic (exact) mass is 120 g/mol. The smallest absolute Gasteiger partial charge is 0.00410 e. The second-order valence-corrected chi connectivity index (χ2v) is 3.37. The third kappa shape index (κ3) is 0.592. The zero-order valence-corrected chi connectivity index (χ0v) is 5.85. The van der Waals surface area contributed by atoms with Gasteiger partial charge in [-0.1, -0.05) is 25.2 Å². The van der Waals surface area contributed by atoms with Crippen LogP contribution in [0.2, 0.25) is 0 Å². The second-order valence-electron chi connectivity index (χ2n) is 3.37. The van der Waals surface area contributed by atoms with Gasteiger partial charge in [0.15, 0.2) is 0 Å². The Morgan fingerprint density at radius 1 is 1.56 bits per heavy atom. The lowest BCUT2D eigenvalue weighted by molar-refractivity contribution is 0.422. The summed E-state index contributed by atoms with van der Waals surface area (Å²) in [4.78, 5) is 0. The van der Waals surface area contributed by atoms with Gasteiger partial charge in [-0.15, -0.1) is 0 Å². The van der Waals surface area contributed by atoms with Crippen LogP contribution in [0, 0.1) is 5.41 Å². The molecule has 0 aromatic carbocycles. The Bertz CT molecular complexity index is 186.